The number of H-pyrrole nitrogens is 1. The van der Waals surface area contributed by atoms with Crippen molar-refractivity contribution < 1.29 is 9.72 Å². The van der Waals surface area contributed by atoms with Gasteiger partial charge in [-0.25, -0.2) is 4.98 Å². The van der Waals surface area contributed by atoms with Crippen LogP contribution in [0.2, 0.25) is 5.15 Å². The van der Waals surface area contributed by atoms with E-state index in [0.717, 1.165) is 6.07 Å². The molecule has 0 aliphatic heterocycles. The van der Waals surface area contributed by atoms with Crippen LogP contribution in [0.1, 0.15) is 10.4 Å². The predicted molar refractivity (Wildman–Crippen MR) is 70.9 cm³/mol. The summed E-state index contributed by atoms with van der Waals surface area (Å²) >= 11 is 5.63. The summed E-state index contributed by atoms with van der Waals surface area (Å²) in [5, 5.41) is 13.0. The molecule has 0 unspecified atom stereocenters. The minimum Gasteiger partial charge on any atom is -0.328 e. The molecule has 2 aromatic rings. The molecule has 20 heavy (non-hydrogen) atoms. The third kappa shape index (κ3) is 2.81. The van der Waals surface area contributed by atoms with E-state index in [1.54, 1.807) is 0 Å². The van der Waals surface area contributed by atoms with E-state index in [1.807, 2.05) is 0 Å². The van der Waals surface area contributed by atoms with Crippen molar-refractivity contribution in [2.24, 2.45) is 0 Å². The Labute approximate surface area is 116 Å². The first-order chi connectivity index (χ1) is 9.49. The summed E-state index contributed by atoms with van der Waals surface area (Å²) in [5.41, 5.74) is -1.23. The quantitative estimate of drug-likeness (QED) is 0.506. The Kier molecular flexibility index (Phi) is 3.76. The lowest BCUT2D eigenvalue weighted by molar-refractivity contribution is -0.384. The SMILES string of the molecule is O=C(Nc1nc(Cl)ccc1[N+](=O)[O-])c1ccc[nH]c1=O. The lowest BCUT2D eigenvalue weighted by Crippen LogP contribution is -2.23. The number of rotatable bonds is 3. The molecule has 0 saturated carbocycles. The Morgan fingerprint density at radius 2 is 2.15 bits per heavy atom. The zero-order valence-electron chi connectivity index (χ0n) is 9.79. The van der Waals surface area contributed by atoms with Crippen LogP contribution >= 0.6 is 11.6 Å². The second-order valence-corrected chi connectivity index (χ2v) is 4.01. The number of hydrogen-bond donors (Lipinski definition) is 2. The van der Waals surface area contributed by atoms with Crippen LogP contribution in [-0.4, -0.2) is 20.8 Å². The molecule has 8 nitrogen and oxygen atoms in total. The van der Waals surface area contributed by atoms with Crippen LogP contribution in [0, 0.1) is 10.1 Å². The van der Waals surface area contributed by atoms with Crippen molar-refractivity contribution in [2.45, 2.75) is 0 Å². The zero-order chi connectivity index (χ0) is 14.7. The van der Waals surface area contributed by atoms with Crippen LogP contribution in [0.15, 0.2) is 35.3 Å². The van der Waals surface area contributed by atoms with E-state index in [1.165, 1.54) is 24.4 Å². The van der Waals surface area contributed by atoms with E-state index in [2.05, 4.69) is 15.3 Å². The molecule has 0 radical (unpaired) electrons. The molecule has 0 bridgehead atoms. The summed E-state index contributed by atoms with van der Waals surface area (Å²) < 4.78 is 0. The first-order valence-electron chi connectivity index (χ1n) is 5.29. The van der Waals surface area contributed by atoms with Crippen molar-refractivity contribution in [1.29, 1.82) is 0 Å². The number of halogens is 1. The van der Waals surface area contributed by atoms with Gasteiger partial charge >= 0.3 is 5.69 Å². The normalized spacial score (nSPS) is 10.1. The van der Waals surface area contributed by atoms with Crippen LogP contribution in [0.25, 0.3) is 0 Å². The Hall–Kier alpha value is -2.74. The molecule has 0 aliphatic rings. The number of amides is 1. The second kappa shape index (κ2) is 5.49. The number of nitrogens with zero attached hydrogens (tertiary/aromatic N) is 2. The minimum absolute atomic E-state index is 0.0205. The van der Waals surface area contributed by atoms with Gasteiger partial charge in [-0.1, -0.05) is 11.6 Å². The van der Waals surface area contributed by atoms with Crippen molar-refractivity contribution in [1.82, 2.24) is 9.97 Å². The fraction of sp³-hybridized carbons (Fsp3) is 0. The fourth-order valence-corrected chi connectivity index (χ4v) is 1.59. The van der Waals surface area contributed by atoms with Crippen molar-refractivity contribution in [2.75, 3.05) is 5.32 Å². The summed E-state index contributed by atoms with van der Waals surface area (Å²) in [6, 6.07) is 5.07. The van der Waals surface area contributed by atoms with Crippen molar-refractivity contribution in [3.05, 3.63) is 61.6 Å². The van der Waals surface area contributed by atoms with E-state index < -0.39 is 22.1 Å². The van der Waals surface area contributed by atoms with Gasteiger partial charge in [0.05, 0.1) is 4.92 Å². The molecule has 0 spiro atoms. The van der Waals surface area contributed by atoms with E-state index in [0.29, 0.717) is 0 Å². The first-order valence-corrected chi connectivity index (χ1v) is 5.67. The van der Waals surface area contributed by atoms with Crippen LogP contribution in [0.5, 0.6) is 0 Å². The molecular weight excluding hydrogens is 288 g/mol. The van der Waals surface area contributed by atoms with Crippen molar-refractivity contribution in [3.63, 3.8) is 0 Å². The van der Waals surface area contributed by atoms with Crippen molar-refractivity contribution in [3.8, 4) is 0 Å². The van der Waals surface area contributed by atoms with Gasteiger partial charge in [0.1, 0.15) is 10.7 Å². The number of nitro groups is 1. The molecule has 2 aromatic heterocycles. The van der Waals surface area contributed by atoms with Gasteiger partial charge in [-0.3, -0.25) is 19.7 Å². The molecule has 2 rings (SSSR count). The Balaban J connectivity index is 2.38. The maximum Gasteiger partial charge on any atom is 0.311 e. The summed E-state index contributed by atoms with van der Waals surface area (Å²) in [6.45, 7) is 0. The highest BCUT2D eigenvalue weighted by Crippen LogP contribution is 2.24. The maximum absolute atomic E-state index is 11.9. The molecule has 0 atom stereocenters. The van der Waals surface area contributed by atoms with Crippen LogP contribution in [0.4, 0.5) is 11.5 Å². The predicted octanol–water partition coefficient (Wildman–Crippen LogP) is 1.58. The molecule has 9 heteroatoms. The van der Waals surface area contributed by atoms with Gasteiger partial charge in [0, 0.05) is 12.3 Å². The monoisotopic (exact) mass is 294 g/mol. The number of pyridine rings is 2. The third-order valence-electron chi connectivity index (χ3n) is 2.33. The molecular formula is C11H7ClN4O4. The van der Waals surface area contributed by atoms with E-state index in [-0.39, 0.29) is 16.5 Å². The highest BCUT2D eigenvalue weighted by atomic mass is 35.5. The lowest BCUT2D eigenvalue weighted by Gasteiger charge is -2.04. The number of aromatic amines is 1. The standard InChI is InChI=1S/C11H7ClN4O4/c12-8-4-3-7(16(19)20)9(14-8)15-11(18)6-2-1-5-13-10(6)17/h1-5H,(H,13,17)(H,14,15,18). The second-order valence-electron chi connectivity index (χ2n) is 3.63. The van der Waals surface area contributed by atoms with Gasteiger partial charge in [0.25, 0.3) is 11.5 Å². The number of aromatic nitrogens is 2. The highest BCUT2D eigenvalue weighted by Gasteiger charge is 2.19. The van der Waals surface area contributed by atoms with Crippen LogP contribution < -0.4 is 10.9 Å². The Bertz CT molecular complexity index is 743. The number of nitrogens with one attached hydrogen (secondary N) is 2. The smallest absolute Gasteiger partial charge is 0.311 e. The largest absolute Gasteiger partial charge is 0.328 e. The number of hydrogen-bond acceptors (Lipinski definition) is 5. The number of carbonyl (C=O) groups is 1. The summed E-state index contributed by atoms with van der Waals surface area (Å²) in [6.07, 6.45) is 1.36. The fourth-order valence-electron chi connectivity index (χ4n) is 1.44. The number of anilines is 1. The number of carbonyl (C=O) groups excluding carboxylic acids is 1. The topological polar surface area (TPSA) is 118 Å². The molecule has 0 aromatic carbocycles. The van der Waals surface area contributed by atoms with E-state index in [4.69, 9.17) is 11.6 Å². The Morgan fingerprint density at radius 1 is 1.40 bits per heavy atom. The average molecular weight is 295 g/mol. The summed E-state index contributed by atoms with van der Waals surface area (Å²) in [4.78, 5) is 39.4. The molecule has 2 heterocycles. The minimum atomic E-state index is -0.815. The molecule has 0 fully saturated rings. The van der Waals surface area contributed by atoms with Crippen LogP contribution in [-0.2, 0) is 0 Å². The molecule has 1 amide bonds. The highest BCUT2D eigenvalue weighted by molar-refractivity contribution is 6.29. The summed E-state index contributed by atoms with van der Waals surface area (Å²) in [5.74, 6) is -1.14. The average Bonchev–Trinajstić information content (AvgIpc) is 2.38. The molecule has 102 valence electrons. The van der Waals surface area contributed by atoms with E-state index >= 15 is 0 Å². The molecule has 2 N–H and O–H groups in total. The first kappa shape index (κ1) is 13.7. The maximum atomic E-state index is 11.9. The lowest BCUT2D eigenvalue weighted by atomic mass is 10.2. The summed E-state index contributed by atoms with van der Waals surface area (Å²) in [7, 11) is 0. The molecule has 0 aliphatic carbocycles. The van der Waals surface area contributed by atoms with Crippen molar-refractivity contribution >= 4 is 29.0 Å². The van der Waals surface area contributed by atoms with Gasteiger partial charge in [-0.15, -0.1) is 0 Å². The van der Waals surface area contributed by atoms with Gasteiger partial charge in [0.2, 0.25) is 5.82 Å². The van der Waals surface area contributed by atoms with E-state index in [9.17, 15) is 19.7 Å². The molecule has 0 saturated heterocycles. The van der Waals surface area contributed by atoms with Gasteiger partial charge < -0.3 is 10.3 Å². The van der Waals surface area contributed by atoms with Crippen LogP contribution in [0.3, 0.4) is 0 Å². The van der Waals surface area contributed by atoms with Gasteiger partial charge in [0.15, 0.2) is 0 Å². The third-order valence-corrected chi connectivity index (χ3v) is 2.54. The Morgan fingerprint density at radius 3 is 2.80 bits per heavy atom. The van der Waals surface area contributed by atoms with Gasteiger partial charge in [-0.2, -0.15) is 0 Å². The van der Waals surface area contributed by atoms with Gasteiger partial charge in [-0.05, 0) is 18.2 Å². The zero-order valence-corrected chi connectivity index (χ0v) is 10.5.